The highest BCUT2D eigenvalue weighted by Gasteiger charge is 2.17. The summed E-state index contributed by atoms with van der Waals surface area (Å²) >= 11 is 5.80. The van der Waals surface area contributed by atoms with Crippen molar-refractivity contribution in [3.63, 3.8) is 0 Å². The largest absolute Gasteiger partial charge is 0.395 e. The summed E-state index contributed by atoms with van der Waals surface area (Å²) in [7, 11) is 0. The number of hydrogen-bond acceptors (Lipinski definition) is 2. The summed E-state index contributed by atoms with van der Waals surface area (Å²) < 4.78 is 0. The van der Waals surface area contributed by atoms with Gasteiger partial charge in [-0.15, -0.1) is 0 Å². The first-order valence-corrected chi connectivity index (χ1v) is 6.36. The Morgan fingerprint density at radius 2 is 2.05 bits per heavy atom. The van der Waals surface area contributed by atoms with Gasteiger partial charge in [0, 0.05) is 19.3 Å². The fraction of sp³-hybridized carbons (Fsp3) is 0.214. The Kier molecular flexibility index (Phi) is 4.60. The second-order valence-corrected chi connectivity index (χ2v) is 4.60. The third-order valence-electron chi connectivity index (χ3n) is 2.75. The molecular weight excluding hydrogens is 264 g/mol. The van der Waals surface area contributed by atoms with Crippen molar-refractivity contribution >= 4 is 17.5 Å². The number of benzene rings is 1. The molecule has 4 nitrogen and oxygen atoms in total. The molecule has 0 saturated heterocycles. The minimum atomic E-state index is -0.176. The van der Waals surface area contributed by atoms with Gasteiger partial charge in [0.25, 0.3) is 5.91 Å². The summed E-state index contributed by atoms with van der Waals surface area (Å²) in [4.78, 5) is 16.7. The molecule has 0 bridgehead atoms. The molecule has 1 aromatic carbocycles. The van der Waals surface area contributed by atoms with Gasteiger partial charge in [-0.1, -0.05) is 41.9 Å². The molecule has 2 aromatic rings. The number of nitrogens with one attached hydrogen (secondary N) is 1. The van der Waals surface area contributed by atoms with Crippen LogP contribution < -0.4 is 0 Å². The molecule has 0 saturated carbocycles. The second-order valence-electron chi connectivity index (χ2n) is 4.17. The van der Waals surface area contributed by atoms with Gasteiger partial charge >= 0.3 is 0 Å². The normalized spacial score (nSPS) is 10.4. The molecule has 0 unspecified atom stereocenters. The Labute approximate surface area is 116 Å². The van der Waals surface area contributed by atoms with E-state index < -0.39 is 0 Å². The number of carbonyl (C=O) groups is 1. The van der Waals surface area contributed by atoms with Crippen LogP contribution in [0.2, 0.25) is 5.02 Å². The van der Waals surface area contributed by atoms with E-state index in [1.54, 1.807) is 17.2 Å². The second kappa shape index (κ2) is 6.41. The van der Waals surface area contributed by atoms with Gasteiger partial charge in [-0.25, -0.2) is 0 Å². The molecule has 0 spiro atoms. The van der Waals surface area contributed by atoms with E-state index in [-0.39, 0.29) is 19.1 Å². The molecule has 1 heterocycles. The summed E-state index contributed by atoms with van der Waals surface area (Å²) in [6, 6.07) is 11.2. The summed E-state index contributed by atoms with van der Waals surface area (Å²) in [5.41, 5.74) is 1.44. The number of carbonyl (C=O) groups excluding carboxylic acids is 1. The zero-order valence-electron chi connectivity index (χ0n) is 10.3. The number of aliphatic hydroxyl groups is 1. The van der Waals surface area contributed by atoms with Crippen LogP contribution in [-0.4, -0.2) is 34.0 Å². The Morgan fingerprint density at radius 3 is 2.63 bits per heavy atom. The van der Waals surface area contributed by atoms with Crippen LogP contribution in [0.4, 0.5) is 0 Å². The van der Waals surface area contributed by atoms with Gasteiger partial charge in [0.15, 0.2) is 0 Å². The number of aromatic amines is 1. The lowest BCUT2D eigenvalue weighted by atomic mass is 10.2. The van der Waals surface area contributed by atoms with E-state index in [4.69, 9.17) is 16.7 Å². The molecule has 0 atom stereocenters. The number of hydrogen-bond donors (Lipinski definition) is 2. The predicted molar refractivity (Wildman–Crippen MR) is 74.1 cm³/mol. The molecule has 2 rings (SSSR count). The Balaban J connectivity index is 2.13. The van der Waals surface area contributed by atoms with Crippen molar-refractivity contribution in [2.75, 3.05) is 13.2 Å². The highest BCUT2D eigenvalue weighted by Crippen LogP contribution is 2.13. The Bertz CT molecular complexity index is 539. The zero-order valence-corrected chi connectivity index (χ0v) is 11.1. The minimum absolute atomic E-state index is 0.0764. The summed E-state index contributed by atoms with van der Waals surface area (Å²) in [6.45, 7) is 0.661. The fourth-order valence-electron chi connectivity index (χ4n) is 1.84. The quantitative estimate of drug-likeness (QED) is 0.882. The monoisotopic (exact) mass is 278 g/mol. The number of H-pyrrole nitrogens is 1. The van der Waals surface area contributed by atoms with Crippen molar-refractivity contribution < 1.29 is 9.90 Å². The molecule has 0 aliphatic carbocycles. The van der Waals surface area contributed by atoms with E-state index in [1.807, 2.05) is 30.3 Å². The SMILES string of the molecule is O=C(c1cc(Cl)c[nH]1)N(CCO)Cc1ccccc1. The highest BCUT2D eigenvalue weighted by molar-refractivity contribution is 6.30. The van der Waals surface area contributed by atoms with Crippen LogP contribution in [0.5, 0.6) is 0 Å². The summed E-state index contributed by atoms with van der Waals surface area (Å²) in [5, 5.41) is 9.58. The summed E-state index contributed by atoms with van der Waals surface area (Å²) in [5.74, 6) is -0.176. The maximum Gasteiger partial charge on any atom is 0.270 e. The van der Waals surface area contributed by atoms with Crippen LogP contribution in [-0.2, 0) is 6.54 Å². The number of aromatic nitrogens is 1. The van der Waals surface area contributed by atoms with Crippen molar-refractivity contribution in [3.05, 3.63) is 58.9 Å². The van der Waals surface area contributed by atoms with Crippen molar-refractivity contribution in [1.29, 1.82) is 0 Å². The Morgan fingerprint density at radius 1 is 1.32 bits per heavy atom. The number of nitrogens with zero attached hydrogens (tertiary/aromatic N) is 1. The summed E-state index contributed by atoms with van der Waals surface area (Å²) in [6.07, 6.45) is 1.56. The number of aliphatic hydroxyl groups excluding tert-OH is 1. The molecule has 0 aliphatic rings. The van der Waals surface area contributed by atoms with Gasteiger partial charge in [-0.05, 0) is 11.6 Å². The van der Waals surface area contributed by atoms with Gasteiger partial charge in [0.2, 0.25) is 0 Å². The third kappa shape index (κ3) is 3.59. The molecule has 0 radical (unpaired) electrons. The fourth-order valence-corrected chi connectivity index (χ4v) is 2.00. The number of amides is 1. The highest BCUT2D eigenvalue weighted by atomic mass is 35.5. The van der Waals surface area contributed by atoms with Crippen molar-refractivity contribution in [2.45, 2.75) is 6.54 Å². The van der Waals surface area contributed by atoms with Gasteiger partial charge in [0.1, 0.15) is 5.69 Å². The molecule has 0 aliphatic heterocycles. The first-order valence-electron chi connectivity index (χ1n) is 5.98. The van der Waals surface area contributed by atoms with Gasteiger partial charge < -0.3 is 15.0 Å². The Hall–Kier alpha value is -1.78. The van der Waals surface area contributed by atoms with Crippen LogP contribution >= 0.6 is 11.6 Å². The average Bonchev–Trinajstić information content (AvgIpc) is 2.85. The zero-order chi connectivity index (χ0) is 13.7. The lowest BCUT2D eigenvalue weighted by Gasteiger charge is -2.21. The van der Waals surface area contributed by atoms with E-state index in [9.17, 15) is 4.79 Å². The topological polar surface area (TPSA) is 56.3 Å². The van der Waals surface area contributed by atoms with Crippen LogP contribution in [0.15, 0.2) is 42.6 Å². The molecule has 1 amide bonds. The number of rotatable bonds is 5. The molecule has 5 heteroatoms. The molecule has 0 fully saturated rings. The van der Waals surface area contributed by atoms with E-state index in [2.05, 4.69) is 4.98 Å². The van der Waals surface area contributed by atoms with Crippen LogP contribution in [0.1, 0.15) is 16.1 Å². The molecule has 100 valence electrons. The van der Waals surface area contributed by atoms with Gasteiger partial charge in [-0.2, -0.15) is 0 Å². The lowest BCUT2D eigenvalue weighted by Crippen LogP contribution is -2.33. The number of halogens is 1. The van der Waals surface area contributed by atoms with E-state index in [0.717, 1.165) is 5.56 Å². The van der Waals surface area contributed by atoms with Crippen LogP contribution in [0.3, 0.4) is 0 Å². The van der Waals surface area contributed by atoms with Gasteiger partial charge in [-0.3, -0.25) is 4.79 Å². The van der Waals surface area contributed by atoms with Crippen molar-refractivity contribution in [1.82, 2.24) is 9.88 Å². The van der Waals surface area contributed by atoms with E-state index in [1.165, 1.54) is 0 Å². The predicted octanol–water partition coefficient (Wildman–Crippen LogP) is 2.30. The lowest BCUT2D eigenvalue weighted by molar-refractivity contribution is 0.0702. The maximum atomic E-state index is 12.3. The molecule has 2 N–H and O–H groups in total. The van der Waals surface area contributed by atoms with Crippen LogP contribution in [0, 0.1) is 0 Å². The van der Waals surface area contributed by atoms with Crippen molar-refractivity contribution in [2.24, 2.45) is 0 Å². The average molecular weight is 279 g/mol. The molecule has 1 aromatic heterocycles. The standard InChI is InChI=1S/C14H15ClN2O2/c15-12-8-13(16-9-12)14(19)17(6-7-18)10-11-4-2-1-3-5-11/h1-5,8-9,16,18H,6-7,10H2. The third-order valence-corrected chi connectivity index (χ3v) is 2.97. The molecule has 19 heavy (non-hydrogen) atoms. The van der Waals surface area contributed by atoms with Gasteiger partial charge in [0.05, 0.1) is 11.6 Å². The molecular formula is C14H15ClN2O2. The van der Waals surface area contributed by atoms with Crippen molar-refractivity contribution in [3.8, 4) is 0 Å². The smallest absolute Gasteiger partial charge is 0.270 e. The van der Waals surface area contributed by atoms with E-state index in [0.29, 0.717) is 17.3 Å². The minimum Gasteiger partial charge on any atom is -0.395 e. The van der Waals surface area contributed by atoms with E-state index >= 15 is 0 Å². The first-order chi connectivity index (χ1) is 9.20. The maximum absolute atomic E-state index is 12.3. The first kappa shape index (κ1) is 13.6. The van der Waals surface area contributed by atoms with Crippen LogP contribution in [0.25, 0.3) is 0 Å².